The van der Waals surface area contributed by atoms with Crippen molar-refractivity contribution in [3.8, 4) is 0 Å². The fourth-order valence-electron chi connectivity index (χ4n) is 1.41. The summed E-state index contributed by atoms with van der Waals surface area (Å²) < 4.78 is 33.3. The lowest BCUT2D eigenvalue weighted by molar-refractivity contribution is 0.0173. The van der Waals surface area contributed by atoms with Crippen LogP contribution in [0.1, 0.15) is 35.5 Å². The highest BCUT2D eigenvalue weighted by molar-refractivity contribution is 5.85. The van der Waals surface area contributed by atoms with Gasteiger partial charge in [-0.05, 0) is 6.42 Å². The first-order chi connectivity index (χ1) is 8.54. The number of carboxylic acid groups (broad SMARTS) is 1. The van der Waals surface area contributed by atoms with Crippen LogP contribution in [-0.2, 0) is 17.6 Å². The molecule has 0 amide bonds. The largest absolute Gasteiger partial charge is 0.475 e. The van der Waals surface area contributed by atoms with E-state index < -0.39 is 19.0 Å². The van der Waals surface area contributed by atoms with Crippen LogP contribution < -0.4 is 0 Å². The van der Waals surface area contributed by atoms with Gasteiger partial charge in [0.15, 0.2) is 5.89 Å². The molecule has 5 nitrogen and oxygen atoms in total. The van der Waals surface area contributed by atoms with Crippen LogP contribution in [0.5, 0.6) is 0 Å². The Kier molecular flexibility index (Phi) is 5.70. The zero-order chi connectivity index (χ0) is 13.5. The van der Waals surface area contributed by atoms with E-state index >= 15 is 0 Å². The number of alkyl halides is 2. The molecule has 1 heterocycles. The number of aryl methyl sites for hydroxylation is 1. The number of nitrogens with zero attached hydrogens (tertiary/aromatic N) is 1. The van der Waals surface area contributed by atoms with E-state index in [1.54, 1.807) is 0 Å². The predicted molar refractivity (Wildman–Crippen MR) is 58.0 cm³/mol. The van der Waals surface area contributed by atoms with Crippen molar-refractivity contribution in [1.82, 2.24) is 4.98 Å². The van der Waals surface area contributed by atoms with Gasteiger partial charge in [0.1, 0.15) is 6.61 Å². The molecular formula is C11H15F2NO4. The maximum atomic E-state index is 11.8. The van der Waals surface area contributed by atoms with Gasteiger partial charge in [0.25, 0.3) is 6.43 Å². The van der Waals surface area contributed by atoms with Crippen molar-refractivity contribution >= 4 is 5.97 Å². The highest BCUT2D eigenvalue weighted by Crippen LogP contribution is 2.14. The lowest BCUT2D eigenvalue weighted by atomic mass is 10.2. The zero-order valence-corrected chi connectivity index (χ0v) is 9.99. The summed E-state index contributed by atoms with van der Waals surface area (Å²) in [6, 6.07) is 0. The molecule has 0 saturated carbocycles. The summed E-state index contributed by atoms with van der Waals surface area (Å²) in [7, 11) is 0. The second-order valence-electron chi connectivity index (χ2n) is 3.65. The molecular weight excluding hydrogens is 248 g/mol. The summed E-state index contributed by atoms with van der Waals surface area (Å²) in [6.07, 6.45) is -1.09. The third-order valence-corrected chi connectivity index (χ3v) is 2.13. The van der Waals surface area contributed by atoms with Gasteiger partial charge in [0, 0.05) is 6.42 Å². The molecule has 1 aromatic heterocycles. The summed E-state index contributed by atoms with van der Waals surface area (Å²) in [5.74, 6) is -1.16. The molecule has 18 heavy (non-hydrogen) atoms. The number of carboxylic acids is 1. The molecule has 0 bridgehead atoms. The lowest BCUT2D eigenvalue weighted by Gasteiger charge is -2.00. The Morgan fingerprint density at radius 1 is 1.50 bits per heavy atom. The van der Waals surface area contributed by atoms with Crippen LogP contribution in [0.4, 0.5) is 8.78 Å². The van der Waals surface area contributed by atoms with Gasteiger partial charge in [-0.25, -0.2) is 18.6 Å². The predicted octanol–water partition coefficient (Wildman–Crippen LogP) is 2.15. The maximum Gasteiger partial charge on any atom is 0.373 e. The molecule has 102 valence electrons. The molecule has 1 rings (SSSR count). The molecule has 7 heteroatoms. The highest BCUT2D eigenvalue weighted by Gasteiger charge is 2.18. The average Bonchev–Trinajstić information content (AvgIpc) is 2.68. The van der Waals surface area contributed by atoms with E-state index in [9.17, 15) is 13.6 Å². The van der Waals surface area contributed by atoms with Crippen molar-refractivity contribution in [2.24, 2.45) is 0 Å². The Morgan fingerprint density at radius 3 is 2.78 bits per heavy atom. The van der Waals surface area contributed by atoms with Crippen LogP contribution in [0.2, 0.25) is 0 Å². The normalized spacial score (nSPS) is 11.1. The van der Waals surface area contributed by atoms with E-state index in [1.165, 1.54) is 0 Å². The summed E-state index contributed by atoms with van der Waals surface area (Å²) in [5.41, 5.74) is 0.383. The topological polar surface area (TPSA) is 72.6 Å². The smallest absolute Gasteiger partial charge is 0.373 e. The minimum absolute atomic E-state index is 0.0233. The first kappa shape index (κ1) is 14.6. The fraction of sp³-hybridized carbons (Fsp3) is 0.636. The lowest BCUT2D eigenvalue weighted by Crippen LogP contribution is -2.07. The molecule has 0 aliphatic rings. The molecule has 0 atom stereocenters. The number of carbonyl (C=O) groups is 1. The van der Waals surface area contributed by atoms with Crippen molar-refractivity contribution in [1.29, 1.82) is 0 Å². The summed E-state index contributed by atoms with van der Waals surface area (Å²) in [5, 5.41) is 8.89. The number of oxazole rings is 1. The first-order valence-electron chi connectivity index (χ1n) is 5.62. The van der Waals surface area contributed by atoms with Gasteiger partial charge in [-0.15, -0.1) is 0 Å². The van der Waals surface area contributed by atoms with E-state index in [4.69, 9.17) is 9.52 Å². The monoisotopic (exact) mass is 263 g/mol. The van der Waals surface area contributed by atoms with Crippen molar-refractivity contribution in [3.63, 3.8) is 0 Å². The van der Waals surface area contributed by atoms with Crippen molar-refractivity contribution < 1.29 is 27.8 Å². The van der Waals surface area contributed by atoms with Crippen molar-refractivity contribution in [2.75, 3.05) is 13.2 Å². The Bertz CT molecular complexity index is 392. The third-order valence-electron chi connectivity index (χ3n) is 2.13. The van der Waals surface area contributed by atoms with Crippen LogP contribution in [0.15, 0.2) is 4.42 Å². The second-order valence-corrected chi connectivity index (χ2v) is 3.65. The minimum Gasteiger partial charge on any atom is -0.475 e. The quantitative estimate of drug-likeness (QED) is 0.727. The van der Waals surface area contributed by atoms with E-state index in [2.05, 4.69) is 9.72 Å². The molecule has 0 aromatic carbocycles. The Morgan fingerprint density at radius 2 is 2.22 bits per heavy atom. The molecule has 0 fully saturated rings. The maximum absolute atomic E-state index is 11.8. The van der Waals surface area contributed by atoms with Gasteiger partial charge in [-0.3, -0.25) is 0 Å². The number of aromatic carboxylic acids is 1. The summed E-state index contributed by atoms with van der Waals surface area (Å²) >= 11 is 0. The number of hydrogen-bond donors (Lipinski definition) is 1. The first-order valence-corrected chi connectivity index (χ1v) is 5.62. The second kappa shape index (κ2) is 7.05. The van der Waals surface area contributed by atoms with Crippen molar-refractivity contribution in [2.45, 2.75) is 32.6 Å². The Labute approximate surface area is 103 Å². The third kappa shape index (κ3) is 4.40. The minimum atomic E-state index is -2.51. The SMILES string of the molecule is CCCc1nc(CCOCC(F)F)oc1C(=O)O. The summed E-state index contributed by atoms with van der Waals surface area (Å²) in [4.78, 5) is 14.9. The van der Waals surface area contributed by atoms with Crippen LogP contribution in [-0.4, -0.2) is 35.7 Å². The number of halogens is 2. The molecule has 0 aliphatic heterocycles. The van der Waals surface area contributed by atoms with Gasteiger partial charge >= 0.3 is 5.97 Å². The molecule has 1 N–H and O–H groups in total. The molecule has 0 unspecified atom stereocenters. The number of rotatable bonds is 8. The Balaban J connectivity index is 2.55. The van der Waals surface area contributed by atoms with Gasteiger partial charge in [0.05, 0.1) is 12.3 Å². The molecule has 0 saturated heterocycles. The van der Waals surface area contributed by atoms with E-state index in [0.29, 0.717) is 12.1 Å². The van der Waals surface area contributed by atoms with Crippen LogP contribution in [0.3, 0.4) is 0 Å². The molecule has 0 radical (unpaired) electrons. The summed E-state index contributed by atoms with van der Waals surface area (Å²) in [6.45, 7) is 1.27. The van der Waals surface area contributed by atoms with Gasteiger partial charge in [-0.2, -0.15) is 0 Å². The molecule has 1 aromatic rings. The number of ether oxygens (including phenoxy) is 1. The molecule has 0 aliphatic carbocycles. The average molecular weight is 263 g/mol. The number of aromatic nitrogens is 1. The zero-order valence-electron chi connectivity index (χ0n) is 9.99. The Hall–Kier alpha value is -1.50. The molecule has 0 spiro atoms. The van der Waals surface area contributed by atoms with Gasteiger partial charge in [0.2, 0.25) is 5.76 Å². The standard InChI is InChI=1S/C11H15F2NO4/c1-2-3-7-10(11(15)16)18-9(14-7)4-5-17-6-8(12)13/h8H,2-6H2,1H3,(H,15,16). The van der Waals surface area contributed by atoms with Crippen molar-refractivity contribution in [3.05, 3.63) is 17.3 Å². The van der Waals surface area contributed by atoms with Crippen LogP contribution in [0, 0.1) is 0 Å². The highest BCUT2D eigenvalue weighted by atomic mass is 19.3. The van der Waals surface area contributed by atoms with E-state index in [-0.39, 0.29) is 24.7 Å². The van der Waals surface area contributed by atoms with Gasteiger partial charge < -0.3 is 14.3 Å². The van der Waals surface area contributed by atoms with E-state index in [0.717, 1.165) is 6.42 Å². The van der Waals surface area contributed by atoms with E-state index in [1.807, 2.05) is 6.92 Å². The fourth-order valence-corrected chi connectivity index (χ4v) is 1.41. The van der Waals surface area contributed by atoms with Crippen LogP contribution >= 0.6 is 0 Å². The van der Waals surface area contributed by atoms with Crippen LogP contribution in [0.25, 0.3) is 0 Å². The van der Waals surface area contributed by atoms with Gasteiger partial charge in [-0.1, -0.05) is 13.3 Å². The number of hydrogen-bond acceptors (Lipinski definition) is 4.